The second-order valence-corrected chi connectivity index (χ2v) is 5.33. The Balaban J connectivity index is 2.10. The van der Waals surface area contributed by atoms with Crippen LogP contribution >= 0.6 is 11.6 Å². The molecule has 102 valence electrons. The van der Waals surface area contributed by atoms with E-state index >= 15 is 0 Å². The van der Waals surface area contributed by atoms with Crippen molar-refractivity contribution in [1.29, 1.82) is 0 Å². The zero-order valence-corrected chi connectivity index (χ0v) is 11.9. The summed E-state index contributed by atoms with van der Waals surface area (Å²) < 4.78 is 2.03. The van der Waals surface area contributed by atoms with Gasteiger partial charge in [-0.25, -0.2) is 4.98 Å². The van der Waals surface area contributed by atoms with Crippen molar-refractivity contribution in [3.05, 3.63) is 64.4 Å². The molecule has 0 bridgehead atoms. The van der Waals surface area contributed by atoms with Gasteiger partial charge < -0.3 is 9.67 Å². The van der Waals surface area contributed by atoms with E-state index in [1.807, 2.05) is 47.9 Å². The van der Waals surface area contributed by atoms with E-state index in [4.69, 9.17) is 11.6 Å². The van der Waals surface area contributed by atoms with Crippen molar-refractivity contribution in [3.63, 3.8) is 0 Å². The summed E-state index contributed by atoms with van der Waals surface area (Å²) in [5.41, 5.74) is 4.19. The predicted molar refractivity (Wildman–Crippen MR) is 80.9 cm³/mol. The fourth-order valence-electron chi connectivity index (χ4n) is 2.40. The van der Waals surface area contributed by atoms with Crippen LogP contribution in [0.4, 0.5) is 0 Å². The largest absolute Gasteiger partial charge is 0.388 e. The monoisotopic (exact) mass is 286 g/mol. The Bertz CT molecular complexity index is 764. The van der Waals surface area contributed by atoms with Gasteiger partial charge in [0.2, 0.25) is 0 Å². The van der Waals surface area contributed by atoms with E-state index in [2.05, 4.69) is 11.1 Å². The average Bonchev–Trinajstić information content (AvgIpc) is 2.76. The summed E-state index contributed by atoms with van der Waals surface area (Å²) in [6.07, 6.45) is 0. The van der Waals surface area contributed by atoms with Crippen molar-refractivity contribution < 1.29 is 5.11 Å². The van der Waals surface area contributed by atoms with E-state index < -0.39 is 0 Å². The maximum Gasteiger partial charge on any atom is 0.136 e. The number of nitrogens with zero attached hydrogens (tertiary/aromatic N) is 2. The van der Waals surface area contributed by atoms with E-state index in [0.29, 0.717) is 17.4 Å². The van der Waals surface area contributed by atoms with Gasteiger partial charge in [0.25, 0.3) is 0 Å². The zero-order valence-electron chi connectivity index (χ0n) is 11.2. The molecule has 0 atom stereocenters. The van der Waals surface area contributed by atoms with Gasteiger partial charge in [0, 0.05) is 11.6 Å². The standard InChI is InChI=1S/C16H15ClN2O/c1-11-5-6-15-14(7-11)18-16(10-20)19(15)9-12-3-2-4-13(17)8-12/h2-8,20H,9-10H2,1H3. The second-order valence-electron chi connectivity index (χ2n) is 4.89. The van der Waals surface area contributed by atoms with Crippen LogP contribution in [-0.2, 0) is 13.2 Å². The highest BCUT2D eigenvalue weighted by Gasteiger charge is 2.10. The lowest BCUT2D eigenvalue weighted by Gasteiger charge is -2.08. The number of rotatable bonds is 3. The molecular weight excluding hydrogens is 272 g/mol. The first kappa shape index (κ1) is 13.2. The smallest absolute Gasteiger partial charge is 0.136 e. The Morgan fingerprint density at radius 1 is 1.20 bits per heavy atom. The molecule has 0 fully saturated rings. The molecule has 0 saturated carbocycles. The Hall–Kier alpha value is -1.84. The third-order valence-electron chi connectivity index (χ3n) is 3.35. The Morgan fingerprint density at radius 3 is 2.80 bits per heavy atom. The molecule has 0 spiro atoms. The van der Waals surface area contributed by atoms with Gasteiger partial charge >= 0.3 is 0 Å². The van der Waals surface area contributed by atoms with Crippen molar-refractivity contribution in [3.8, 4) is 0 Å². The van der Waals surface area contributed by atoms with E-state index in [0.717, 1.165) is 22.2 Å². The highest BCUT2D eigenvalue weighted by atomic mass is 35.5. The Morgan fingerprint density at radius 2 is 2.05 bits per heavy atom. The van der Waals surface area contributed by atoms with Gasteiger partial charge in [-0.15, -0.1) is 0 Å². The van der Waals surface area contributed by atoms with Gasteiger partial charge in [0.1, 0.15) is 12.4 Å². The first-order valence-corrected chi connectivity index (χ1v) is 6.86. The van der Waals surface area contributed by atoms with Gasteiger partial charge in [0.15, 0.2) is 0 Å². The molecule has 0 aliphatic rings. The lowest BCUT2D eigenvalue weighted by Crippen LogP contribution is -2.05. The molecule has 20 heavy (non-hydrogen) atoms. The van der Waals surface area contributed by atoms with Gasteiger partial charge in [0.05, 0.1) is 11.0 Å². The molecule has 3 rings (SSSR count). The number of hydrogen-bond acceptors (Lipinski definition) is 2. The average molecular weight is 287 g/mol. The molecule has 1 heterocycles. The molecule has 0 unspecified atom stereocenters. The summed E-state index contributed by atoms with van der Waals surface area (Å²) in [5, 5.41) is 10.2. The molecule has 0 aliphatic carbocycles. The van der Waals surface area contributed by atoms with E-state index in [9.17, 15) is 5.11 Å². The minimum atomic E-state index is -0.0751. The number of halogens is 1. The van der Waals surface area contributed by atoms with Crippen molar-refractivity contribution in [2.24, 2.45) is 0 Å². The van der Waals surface area contributed by atoms with E-state index in [-0.39, 0.29) is 6.61 Å². The number of imidazole rings is 1. The molecule has 0 amide bonds. The van der Waals surface area contributed by atoms with Gasteiger partial charge in [-0.2, -0.15) is 0 Å². The molecule has 0 radical (unpaired) electrons. The van der Waals surface area contributed by atoms with Crippen LogP contribution < -0.4 is 0 Å². The van der Waals surface area contributed by atoms with Crippen LogP contribution in [0.2, 0.25) is 5.02 Å². The summed E-state index contributed by atoms with van der Waals surface area (Å²) in [6, 6.07) is 13.9. The van der Waals surface area contributed by atoms with E-state index in [1.165, 1.54) is 0 Å². The molecule has 2 aromatic carbocycles. The van der Waals surface area contributed by atoms with Crippen LogP contribution in [0, 0.1) is 6.92 Å². The molecule has 4 heteroatoms. The Labute approximate surface area is 122 Å². The van der Waals surface area contributed by atoms with Crippen molar-refractivity contribution in [2.75, 3.05) is 0 Å². The maximum absolute atomic E-state index is 9.51. The number of fused-ring (bicyclic) bond motifs is 1. The van der Waals surface area contributed by atoms with Crippen LogP contribution in [0.25, 0.3) is 11.0 Å². The number of aliphatic hydroxyl groups excluding tert-OH is 1. The highest BCUT2D eigenvalue weighted by molar-refractivity contribution is 6.30. The normalized spacial score (nSPS) is 11.2. The van der Waals surface area contributed by atoms with Crippen molar-refractivity contribution in [2.45, 2.75) is 20.1 Å². The van der Waals surface area contributed by atoms with Crippen molar-refractivity contribution in [1.82, 2.24) is 9.55 Å². The summed E-state index contributed by atoms with van der Waals surface area (Å²) in [5.74, 6) is 0.672. The fourth-order valence-corrected chi connectivity index (χ4v) is 2.62. The summed E-state index contributed by atoms with van der Waals surface area (Å²) in [4.78, 5) is 4.49. The predicted octanol–water partition coefficient (Wildman–Crippen LogP) is 3.54. The van der Waals surface area contributed by atoms with Crippen LogP contribution in [-0.4, -0.2) is 14.7 Å². The minimum Gasteiger partial charge on any atom is -0.388 e. The number of benzene rings is 2. The van der Waals surface area contributed by atoms with Crippen LogP contribution in [0.1, 0.15) is 17.0 Å². The third kappa shape index (κ3) is 2.42. The summed E-state index contributed by atoms with van der Waals surface area (Å²) in [7, 11) is 0. The van der Waals surface area contributed by atoms with Crippen molar-refractivity contribution >= 4 is 22.6 Å². The number of aryl methyl sites for hydroxylation is 1. The zero-order chi connectivity index (χ0) is 14.1. The highest BCUT2D eigenvalue weighted by Crippen LogP contribution is 2.20. The molecule has 1 aromatic heterocycles. The first-order chi connectivity index (χ1) is 9.67. The van der Waals surface area contributed by atoms with Gasteiger partial charge in [-0.05, 0) is 42.3 Å². The number of aliphatic hydroxyl groups is 1. The maximum atomic E-state index is 9.51. The molecule has 1 N–H and O–H groups in total. The minimum absolute atomic E-state index is 0.0751. The molecule has 0 saturated heterocycles. The molecule has 0 aliphatic heterocycles. The SMILES string of the molecule is Cc1ccc2c(c1)nc(CO)n2Cc1cccc(Cl)c1. The molecule has 3 aromatic rings. The number of hydrogen-bond donors (Lipinski definition) is 1. The lowest BCUT2D eigenvalue weighted by molar-refractivity contribution is 0.267. The van der Waals surface area contributed by atoms with Gasteiger partial charge in [-0.3, -0.25) is 0 Å². The lowest BCUT2D eigenvalue weighted by atomic mass is 10.2. The molecular formula is C16H15ClN2O. The fraction of sp³-hybridized carbons (Fsp3) is 0.188. The van der Waals surface area contributed by atoms with Crippen LogP contribution in [0.5, 0.6) is 0 Å². The van der Waals surface area contributed by atoms with E-state index in [1.54, 1.807) is 0 Å². The summed E-state index contributed by atoms with van der Waals surface area (Å²) in [6.45, 7) is 2.61. The third-order valence-corrected chi connectivity index (χ3v) is 3.59. The van der Waals surface area contributed by atoms with Crippen LogP contribution in [0.3, 0.4) is 0 Å². The second kappa shape index (κ2) is 5.27. The Kier molecular flexibility index (Phi) is 3.47. The topological polar surface area (TPSA) is 38.1 Å². The number of aromatic nitrogens is 2. The molecule has 3 nitrogen and oxygen atoms in total. The van der Waals surface area contributed by atoms with Crippen LogP contribution in [0.15, 0.2) is 42.5 Å². The quantitative estimate of drug-likeness (QED) is 0.800. The van der Waals surface area contributed by atoms with Gasteiger partial charge in [-0.1, -0.05) is 29.8 Å². The summed E-state index contributed by atoms with van der Waals surface area (Å²) >= 11 is 6.02. The first-order valence-electron chi connectivity index (χ1n) is 6.48.